The summed E-state index contributed by atoms with van der Waals surface area (Å²) in [6.07, 6.45) is 2.41. The van der Waals surface area contributed by atoms with Crippen molar-refractivity contribution in [2.75, 3.05) is 5.32 Å². The number of carbonyl (C=O) groups is 1. The lowest BCUT2D eigenvalue weighted by atomic mass is 10.1. The summed E-state index contributed by atoms with van der Waals surface area (Å²) >= 11 is 0. The Morgan fingerprint density at radius 3 is 2.48 bits per heavy atom. The zero-order valence-electron chi connectivity index (χ0n) is 11.7. The first-order chi connectivity index (χ1) is 10.1. The zero-order chi connectivity index (χ0) is 15.2. The maximum absolute atomic E-state index is 11.9. The molecular weight excluding hydrogens is 266 g/mol. The van der Waals surface area contributed by atoms with Crippen LogP contribution in [0, 0.1) is 0 Å². The summed E-state index contributed by atoms with van der Waals surface area (Å²) in [5.74, 6) is -0.0985. The molecule has 0 saturated heterocycles. The third-order valence-electron chi connectivity index (χ3n) is 2.99. The van der Waals surface area contributed by atoms with Crippen LogP contribution in [0.1, 0.15) is 24.2 Å². The Morgan fingerprint density at radius 1 is 1.14 bits per heavy atom. The molecule has 0 bridgehead atoms. The van der Waals surface area contributed by atoms with E-state index >= 15 is 0 Å². The minimum absolute atomic E-state index is 0.183. The molecular formula is C17H17NO3. The molecule has 0 aliphatic carbocycles. The second-order valence-electron chi connectivity index (χ2n) is 4.68. The Kier molecular flexibility index (Phi) is 4.74. The fourth-order valence-electron chi connectivity index (χ4n) is 1.91. The van der Waals surface area contributed by atoms with Gasteiger partial charge in [-0.2, -0.15) is 0 Å². The van der Waals surface area contributed by atoms with E-state index in [9.17, 15) is 15.0 Å². The molecule has 2 rings (SSSR count). The maximum atomic E-state index is 11.9. The van der Waals surface area contributed by atoms with Crippen LogP contribution in [0.3, 0.4) is 0 Å². The van der Waals surface area contributed by atoms with Crippen molar-refractivity contribution < 1.29 is 15.0 Å². The predicted molar refractivity (Wildman–Crippen MR) is 82.8 cm³/mol. The highest BCUT2D eigenvalue weighted by molar-refractivity contribution is 6.02. The summed E-state index contributed by atoms with van der Waals surface area (Å²) in [5.41, 5.74) is 2.07. The first-order valence-corrected chi connectivity index (χ1v) is 6.61. The normalized spacial score (nSPS) is 12.3. The molecule has 21 heavy (non-hydrogen) atoms. The minimum Gasteiger partial charge on any atom is -0.508 e. The number of hydrogen-bond acceptors (Lipinski definition) is 3. The van der Waals surface area contributed by atoms with Crippen molar-refractivity contribution >= 4 is 17.7 Å². The van der Waals surface area contributed by atoms with E-state index in [1.165, 1.54) is 6.08 Å². The van der Waals surface area contributed by atoms with Gasteiger partial charge >= 0.3 is 0 Å². The monoisotopic (exact) mass is 283 g/mol. The Balaban J connectivity index is 2.07. The van der Waals surface area contributed by atoms with Crippen molar-refractivity contribution in [1.29, 1.82) is 0 Å². The van der Waals surface area contributed by atoms with Crippen molar-refractivity contribution in [3.05, 3.63) is 65.7 Å². The average Bonchev–Trinajstić information content (AvgIpc) is 2.47. The first-order valence-electron chi connectivity index (χ1n) is 6.61. The van der Waals surface area contributed by atoms with Crippen LogP contribution < -0.4 is 5.32 Å². The van der Waals surface area contributed by atoms with Gasteiger partial charge in [0.05, 0.1) is 6.10 Å². The molecule has 4 nitrogen and oxygen atoms in total. The molecule has 2 aromatic carbocycles. The standard InChI is InChI=1S/C17H17NO3/c1-12(19)15-4-2-3-5-16(15)18-17(21)11-8-13-6-9-14(20)10-7-13/h2-12,19-20H,1H3,(H,18,21). The van der Waals surface area contributed by atoms with Crippen LogP contribution >= 0.6 is 0 Å². The molecule has 0 aliphatic rings. The number of para-hydroxylation sites is 1. The van der Waals surface area contributed by atoms with E-state index in [1.807, 2.05) is 6.07 Å². The highest BCUT2D eigenvalue weighted by Crippen LogP contribution is 2.22. The Morgan fingerprint density at radius 2 is 1.81 bits per heavy atom. The summed E-state index contributed by atoms with van der Waals surface area (Å²) in [5, 5.41) is 21.6. The molecule has 2 aromatic rings. The number of aliphatic hydroxyl groups is 1. The summed E-state index contributed by atoms with van der Waals surface area (Å²) < 4.78 is 0. The number of aliphatic hydroxyl groups excluding tert-OH is 1. The van der Waals surface area contributed by atoms with Gasteiger partial charge in [0.25, 0.3) is 0 Å². The van der Waals surface area contributed by atoms with Crippen molar-refractivity contribution in [2.45, 2.75) is 13.0 Å². The maximum Gasteiger partial charge on any atom is 0.248 e. The topological polar surface area (TPSA) is 69.6 Å². The summed E-state index contributed by atoms with van der Waals surface area (Å²) in [6.45, 7) is 1.65. The Labute approximate surface area is 123 Å². The molecule has 108 valence electrons. The molecule has 1 unspecified atom stereocenters. The highest BCUT2D eigenvalue weighted by Gasteiger charge is 2.08. The van der Waals surface area contributed by atoms with Crippen LogP contribution in [0.4, 0.5) is 5.69 Å². The van der Waals surface area contributed by atoms with Crippen LogP contribution in [-0.4, -0.2) is 16.1 Å². The van der Waals surface area contributed by atoms with E-state index in [0.29, 0.717) is 11.3 Å². The lowest BCUT2D eigenvalue weighted by molar-refractivity contribution is -0.111. The zero-order valence-corrected chi connectivity index (χ0v) is 11.7. The molecule has 1 amide bonds. The lowest BCUT2D eigenvalue weighted by Gasteiger charge is -2.11. The number of phenols is 1. The molecule has 0 spiro atoms. The van der Waals surface area contributed by atoms with Gasteiger partial charge in [-0.3, -0.25) is 4.79 Å². The molecule has 0 aromatic heterocycles. The highest BCUT2D eigenvalue weighted by atomic mass is 16.3. The summed E-state index contributed by atoms with van der Waals surface area (Å²) in [7, 11) is 0. The van der Waals surface area contributed by atoms with Gasteiger partial charge in [0, 0.05) is 17.3 Å². The summed E-state index contributed by atoms with van der Waals surface area (Å²) in [4.78, 5) is 11.9. The van der Waals surface area contributed by atoms with Gasteiger partial charge in [0.1, 0.15) is 5.75 Å². The second-order valence-corrected chi connectivity index (χ2v) is 4.68. The Bertz CT molecular complexity index is 645. The molecule has 0 aliphatic heterocycles. The number of anilines is 1. The van der Waals surface area contributed by atoms with Gasteiger partial charge in [-0.15, -0.1) is 0 Å². The van der Waals surface area contributed by atoms with Crippen LogP contribution in [0.15, 0.2) is 54.6 Å². The van der Waals surface area contributed by atoms with Crippen molar-refractivity contribution in [3.63, 3.8) is 0 Å². The van der Waals surface area contributed by atoms with Crippen molar-refractivity contribution in [1.82, 2.24) is 0 Å². The van der Waals surface area contributed by atoms with Gasteiger partial charge in [-0.25, -0.2) is 0 Å². The van der Waals surface area contributed by atoms with E-state index in [2.05, 4.69) is 5.32 Å². The molecule has 0 radical (unpaired) electrons. The van der Waals surface area contributed by atoms with Gasteiger partial charge in [0.2, 0.25) is 5.91 Å². The number of nitrogens with one attached hydrogen (secondary N) is 1. The van der Waals surface area contributed by atoms with E-state index in [1.54, 1.807) is 55.5 Å². The first kappa shape index (κ1) is 14.8. The molecule has 0 heterocycles. The second kappa shape index (κ2) is 6.72. The number of benzene rings is 2. The van der Waals surface area contributed by atoms with Crippen LogP contribution in [0.25, 0.3) is 6.08 Å². The number of hydrogen-bond donors (Lipinski definition) is 3. The smallest absolute Gasteiger partial charge is 0.248 e. The molecule has 4 heteroatoms. The van der Waals surface area contributed by atoms with E-state index in [-0.39, 0.29) is 11.7 Å². The van der Waals surface area contributed by atoms with E-state index < -0.39 is 6.10 Å². The number of phenolic OH excluding ortho intramolecular Hbond substituents is 1. The van der Waals surface area contributed by atoms with Crippen LogP contribution in [0.2, 0.25) is 0 Å². The molecule has 1 atom stereocenters. The van der Waals surface area contributed by atoms with Gasteiger partial charge in [-0.1, -0.05) is 30.3 Å². The largest absolute Gasteiger partial charge is 0.508 e. The lowest BCUT2D eigenvalue weighted by Crippen LogP contribution is -2.10. The van der Waals surface area contributed by atoms with Crippen molar-refractivity contribution in [3.8, 4) is 5.75 Å². The number of rotatable bonds is 4. The SMILES string of the molecule is CC(O)c1ccccc1NC(=O)C=Cc1ccc(O)cc1. The predicted octanol–water partition coefficient (Wildman–Crippen LogP) is 3.10. The molecule has 0 fully saturated rings. The number of aromatic hydroxyl groups is 1. The van der Waals surface area contributed by atoms with Gasteiger partial charge in [0.15, 0.2) is 0 Å². The molecule has 0 saturated carbocycles. The van der Waals surface area contributed by atoms with E-state index in [0.717, 1.165) is 5.56 Å². The van der Waals surface area contributed by atoms with Crippen LogP contribution in [0.5, 0.6) is 5.75 Å². The Hall–Kier alpha value is -2.59. The van der Waals surface area contributed by atoms with Gasteiger partial charge in [-0.05, 0) is 36.8 Å². The quantitative estimate of drug-likeness (QED) is 0.755. The van der Waals surface area contributed by atoms with E-state index in [4.69, 9.17) is 0 Å². The summed E-state index contributed by atoms with van der Waals surface area (Å²) in [6, 6.07) is 13.7. The van der Waals surface area contributed by atoms with Gasteiger partial charge < -0.3 is 15.5 Å². The van der Waals surface area contributed by atoms with Crippen molar-refractivity contribution in [2.24, 2.45) is 0 Å². The third kappa shape index (κ3) is 4.19. The third-order valence-corrected chi connectivity index (χ3v) is 2.99. The number of carbonyl (C=O) groups excluding carboxylic acids is 1. The minimum atomic E-state index is -0.650. The fourth-order valence-corrected chi connectivity index (χ4v) is 1.91. The van der Waals surface area contributed by atoms with Crippen LogP contribution in [-0.2, 0) is 4.79 Å². The average molecular weight is 283 g/mol. The molecule has 3 N–H and O–H groups in total. The fraction of sp³-hybridized carbons (Fsp3) is 0.118. The number of amides is 1.